The molecule has 0 aliphatic rings. The van der Waals surface area contributed by atoms with Crippen LogP contribution in [0.3, 0.4) is 0 Å². The van der Waals surface area contributed by atoms with Crippen LogP contribution in [-0.2, 0) is 6.54 Å². The highest BCUT2D eigenvalue weighted by Gasteiger charge is 2.04. The molecule has 22 heavy (non-hydrogen) atoms. The van der Waals surface area contributed by atoms with Gasteiger partial charge in [0, 0.05) is 15.7 Å². The van der Waals surface area contributed by atoms with Crippen molar-refractivity contribution >= 4 is 27.6 Å². The van der Waals surface area contributed by atoms with Gasteiger partial charge < -0.3 is 15.8 Å². The van der Waals surface area contributed by atoms with Crippen LogP contribution < -0.4 is 15.8 Å². The molecule has 2 aromatic rings. The summed E-state index contributed by atoms with van der Waals surface area (Å²) in [5, 5.41) is 3.11. The molecule has 0 saturated carbocycles. The van der Waals surface area contributed by atoms with Gasteiger partial charge in [-0.05, 0) is 55.3 Å². The van der Waals surface area contributed by atoms with E-state index in [0.29, 0.717) is 12.5 Å². The highest BCUT2D eigenvalue weighted by atomic mass is 79.9. The average molecular weight is 362 g/mol. The molecule has 0 spiro atoms. The van der Waals surface area contributed by atoms with Crippen molar-refractivity contribution in [3.05, 3.63) is 57.6 Å². The molecular weight excluding hydrogens is 342 g/mol. The molecule has 2 aromatic carbocycles. The summed E-state index contributed by atoms with van der Waals surface area (Å²) in [5.74, 6) is 1.18. The van der Waals surface area contributed by atoms with Crippen LogP contribution in [0.2, 0.25) is 0 Å². The van der Waals surface area contributed by atoms with Crippen LogP contribution in [0.1, 0.15) is 16.7 Å². The molecule has 0 aliphatic heterocycles. The van der Waals surface area contributed by atoms with Crippen molar-refractivity contribution in [2.75, 3.05) is 12.4 Å². The van der Waals surface area contributed by atoms with E-state index in [2.05, 4.69) is 52.2 Å². The Morgan fingerprint density at radius 2 is 1.95 bits per heavy atom. The van der Waals surface area contributed by atoms with Crippen LogP contribution in [0.4, 0.5) is 5.69 Å². The number of methoxy groups -OCH3 is 1. The van der Waals surface area contributed by atoms with E-state index >= 15 is 0 Å². The normalized spacial score (nSPS) is 11.4. The van der Waals surface area contributed by atoms with Crippen LogP contribution >= 0.6 is 15.9 Å². The molecule has 0 amide bonds. The fourth-order valence-corrected chi connectivity index (χ4v) is 2.46. The molecule has 4 nitrogen and oxygen atoms in total. The fourth-order valence-electron chi connectivity index (χ4n) is 2.05. The standard InChI is InChI=1S/C17H20BrN3O/c1-11-4-6-15(8-12(11)2)21-17(19)20-10-13-9-14(18)5-7-16(13)22-3/h4-9H,10H2,1-3H3,(H3,19,20,21). The van der Waals surface area contributed by atoms with Gasteiger partial charge in [-0.25, -0.2) is 4.99 Å². The van der Waals surface area contributed by atoms with Gasteiger partial charge in [-0.3, -0.25) is 0 Å². The maximum absolute atomic E-state index is 5.96. The largest absolute Gasteiger partial charge is 0.496 e. The lowest BCUT2D eigenvalue weighted by Crippen LogP contribution is -2.22. The second kappa shape index (κ2) is 7.31. The van der Waals surface area contributed by atoms with Gasteiger partial charge >= 0.3 is 0 Å². The summed E-state index contributed by atoms with van der Waals surface area (Å²) >= 11 is 3.45. The number of halogens is 1. The third-order valence-electron chi connectivity index (χ3n) is 3.44. The topological polar surface area (TPSA) is 59.6 Å². The Morgan fingerprint density at radius 3 is 2.64 bits per heavy atom. The van der Waals surface area contributed by atoms with E-state index in [4.69, 9.17) is 10.5 Å². The number of guanidine groups is 1. The number of hydrogen-bond donors (Lipinski definition) is 2. The first kappa shape index (κ1) is 16.4. The molecule has 2 rings (SSSR count). The van der Waals surface area contributed by atoms with Crippen LogP contribution in [0.15, 0.2) is 45.9 Å². The third-order valence-corrected chi connectivity index (χ3v) is 3.93. The quantitative estimate of drug-likeness (QED) is 0.638. The number of nitrogens with zero attached hydrogens (tertiary/aromatic N) is 1. The summed E-state index contributed by atoms with van der Waals surface area (Å²) in [6, 6.07) is 11.9. The predicted molar refractivity (Wildman–Crippen MR) is 95.6 cm³/mol. The van der Waals surface area contributed by atoms with E-state index in [1.807, 2.05) is 24.3 Å². The Kier molecular flexibility index (Phi) is 5.44. The highest BCUT2D eigenvalue weighted by molar-refractivity contribution is 9.10. The molecule has 0 fully saturated rings. The van der Waals surface area contributed by atoms with Crippen molar-refractivity contribution < 1.29 is 4.74 Å². The molecule has 0 saturated heterocycles. The Labute approximate surface area is 139 Å². The zero-order valence-corrected chi connectivity index (χ0v) is 14.6. The summed E-state index contributed by atoms with van der Waals surface area (Å²) in [5.41, 5.74) is 10.3. The first-order valence-corrected chi connectivity index (χ1v) is 7.75. The lowest BCUT2D eigenvalue weighted by Gasteiger charge is -2.09. The van der Waals surface area contributed by atoms with E-state index in [9.17, 15) is 0 Å². The maximum Gasteiger partial charge on any atom is 0.193 e. The minimum absolute atomic E-state index is 0.380. The highest BCUT2D eigenvalue weighted by Crippen LogP contribution is 2.23. The Balaban J connectivity index is 2.09. The van der Waals surface area contributed by atoms with Crippen LogP contribution in [0.5, 0.6) is 5.75 Å². The second-order valence-corrected chi connectivity index (χ2v) is 6.00. The number of benzene rings is 2. The first-order chi connectivity index (χ1) is 10.5. The fraction of sp³-hybridized carbons (Fsp3) is 0.235. The number of ether oxygens (including phenoxy) is 1. The molecule has 0 radical (unpaired) electrons. The molecule has 0 aliphatic carbocycles. The number of nitrogens with one attached hydrogen (secondary N) is 1. The molecule has 5 heteroatoms. The minimum Gasteiger partial charge on any atom is -0.496 e. The van der Waals surface area contributed by atoms with Gasteiger partial charge in [0.1, 0.15) is 5.75 Å². The SMILES string of the molecule is COc1ccc(Br)cc1CN=C(N)Nc1ccc(C)c(C)c1. The van der Waals surface area contributed by atoms with Crippen molar-refractivity contribution in [3.63, 3.8) is 0 Å². The van der Waals surface area contributed by atoms with Gasteiger partial charge in [0.05, 0.1) is 13.7 Å². The molecule has 0 unspecified atom stereocenters. The number of aliphatic imine (C=N–C) groups is 1. The van der Waals surface area contributed by atoms with Crippen molar-refractivity contribution in [1.29, 1.82) is 0 Å². The Bertz CT molecular complexity index is 698. The number of anilines is 1. The molecule has 0 aromatic heterocycles. The van der Waals surface area contributed by atoms with Gasteiger partial charge in [0.2, 0.25) is 0 Å². The molecule has 0 bridgehead atoms. The van der Waals surface area contributed by atoms with Crippen LogP contribution in [0, 0.1) is 13.8 Å². The van der Waals surface area contributed by atoms with Crippen molar-refractivity contribution in [3.8, 4) is 5.75 Å². The first-order valence-electron chi connectivity index (χ1n) is 6.96. The number of hydrogen-bond acceptors (Lipinski definition) is 2. The lowest BCUT2D eigenvalue weighted by molar-refractivity contribution is 0.410. The van der Waals surface area contributed by atoms with E-state index in [0.717, 1.165) is 21.5 Å². The van der Waals surface area contributed by atoms with E-state index in [1.165, 1.54) is 11.1 Å². The van der Waals surface area contributed by atoms with Crippen LogP contribution in [0.25, 0.3) is 0 Å². The third kappa shape index (κ3) is 4.24. The predicted octanol–water partition coefficient (Wildman–Crippen LogP) is 4.00. The molecule has 3 N–H and O–H groups in total. The van der Waals surface area contributed by atoms with Crippen molar-refractivity contribution in [1.82, 2.24) is 0 Å². The molecular formula is C17H20BrN3O. The van der Waals surface area contributed by atoms with Crippen molar-refractivity contribution in [2.24, 2.45) is 10.7 Å². The lowest BCUT2D eigenvalue weighted by atomic mass is 10.1. The molecule has 0 atom stereocenters. The summed E-state index contributed by atoms with van der Waals surface area (Å²) in [6.45, 7) is 4.60. The van der Waals surface area contributed by atoms with E-state index < -0.39 is 0 Å². The summed E-state index contributed by atoms with van der Waals surface area (Å²) in [7, 11) is 1.65. The maximum atomic E-state index is 5.96. The summed E-state index contributed by atoms with van der Waals surface area (Å²) < 4.78 is 6.31. The second-order valence-electron chi connectivity index (χ2n) is 5.08. The summed E-state index contributed by atoms with van der Waals surface area (Å²) in [6.07, 6.45) is 0. The Morgan fingerprint density at radius 1 is 1.18 bits per heavy atom. The minimum atomic E-state index is 0.380. The van der Waals surface area contributed by atoms with Gasteiger partial charge in [-0.2, -0.15) is 0 Å². The number of nitrogens with two attached hydrogens (primary N) is 1. The van der Waals surface area contributed by atoms with E-state index in [1.54, 1.807) is 7.11 Å². The monoisotopic (exact) mass is 361 g/mol. The van der Waals surface area contributed by atoms with Gasteiger partial charge in [0.25, 0.3) is 0 Å². The zero-order chi connectivity index (χ0) is 16.1. The van der Waals surface area contributed by atoms with Crippen molar-refractivity contribution in [2.45, 2.75) is 20.4 Å². The van der Waals surface area contributed by atoms with Gasteiger partial charge in [-0.1, -0.05) is 22.0 Å². The summed E-state index contributed by atoms with van der Waals surface area (Å²) in [4.78, 5) is 4.37. The Hall–Kier alpha value is -2.01. The number of rotatable bonds is 4. The average Bonchev–Trinajstić information content (AvgIpc) is 2.49. The van der Waals surface area contributed by atoms with Gasteiger partial charge in [0.15, 0.2) is 5.96 Å². The zero-order valence-electron chi connectivity index (χ0n) is 13.0. The molecule has 116 valence electrons. The van der Waals surface area contributed by atoms with Crippen LogP contribution in [-0.4, -0.2) is 13.1 Å². The van der Waals surface area contributed by atoms with Gasteiger partial charge in [-0.15, -0.1) is 0 Å². The number of aryl methyl sites for hydroxylation is 2. The van der Waals surface area contributed by atoms with E-state index in [-0.39, 0.29) is 0 Å². The molecule has 0 heterocycles. The smallest absolute Gasteiger partial charge is 0.193 e.